The van der Waals surface area contributed by atoms with Crippen LogP contribution in [0.3, 0.4) is 0 Å². The van der Waals surface area contributed by atoms with E-state index in [1.807, 2.05) is 0 Å². The summed E-state index contributed by atoms with van der Waals surface area (Å²) in [6, 6.07) is 4.50. The molecule has 1 heterocycles. The monoisotopic (exact) mass is 390 g/mol. The number of aliphatic hydroxyl groups excluding tert-OH is 1. The number of rotatable bonds is 8. The first kappa shape index (κ1) is 20.9. The van der Waals surface area contributed by atoms with Crippen molar-refractivity contribution in [2.45, 2.75) is 32.6 Å². The molecule has 1 aromatic rings. The first-order chi connectivity index (χ1) is 13.2. The van der Waals surface area contributed by atoms with Gasteiger partial charge in [0.05, 0.1) is 23.0 Å². The van der Waals surface area contributed by atoms with E-state index in [1.165, 1.54) is 38.1 Å². The van der Waals surface area contributed by atoms with Crippen LogP contribution in [0, 0.1) is 22.0 Å². The summed E-state index contributed by atoms with van der Waals surface area (Å²) in [4.78, 5) is 48.8. The summed E-state index contributed by atoms with van der Waals surface area (Å²) in [5, 5.41) is 22.7. The van der Waals surface area contributed by atoms with Crippen molar-refractivity contribution < 1.29 is 33.9 Å². The third kappa shape index (κ3) is 4.27. The third-order valence-corrected chi connectivity index (χ3v) is 4.51. The highest BCUT2D eigenvalue weighted by atomic mass is 16.6. The van der Waals surface area contributed by atoms with E-state index in [4.69, 9.17) is 10.3 Å². The fourth-order valence-electron chi connectivity index (χ4n) is 2.87. The van der Waals surface area contributed by atoms with Gasteiger partial charge in [-0.15, -0.1) is 0 Å². The first-order valence-electron chi connectivity index (χ1n) is 8.32. The molecule has 1 aliphatic heterocycles. The molecule has 0 aliphatic carbocycles. The van der Waals surface area contributed by atoms with E-state index >= 15 is 0 Å². The van der Waals surface area contributed by atoms with Gasteiger partial charge in [-0.2, -0.15) is 4.79 Å². The van der Waals surface area contributed by atoms with E-state index in [1.54, 1.807) is 0 Å². The number of carbonyl (C=O) groups is 3. The number of aliphatic hydroxyl groups is 1. The molecule has 0 spiro atoms. The zero-order valence-electron chi connectivity index (χ0n) is 15.1. The Kier molecular flexibility index (Phi) is 6.34. The number of hydrogen-bond donors (Lipinski definition) is 2. The number of amides is 1. The number of nitro groups is 1. The second kappa shape index (κ2) is 8.51. The molecule has 0 saturated carbocycles. The minimum absolute atomic E-state index is 0.132. The zero-order valence-corrected chi connectivity index (χ0v) is 15.1. The van der Waals surface area contributed by atoms with E-state index < -0.39 is 52.3 Å². The Morgan fingerprint density at radius 3 is 2.43 bits per heavy atom. The average Bonchev–Trinajstić information content (AvgIpc) is 2.63. The van der Waals surface area contributed by atoms with Crippen molar-refractivity contribution in [1.29, 1.82) is 0 Å². The van der Waals surface area contributed by atoms with E-state index in [0.717, 1.165) is 0 Å². The van der Waals surface area contributed by atoms with Gasteiger partial charge in [0.1, 0.15) is 6.61 Å². The quantitative estimate of drug-likeness (QED) is 0.0919. The highest BCUT2D eigenvalue weighted by Gasteiger charge is 2.50. The number of esters is 1. The van der Waals surface area contributed by atoms with Crippen LogP contribution in [0.15, 0.2) is 24.3 Å². The number of hydrogen-bond acceptors (Lipinski definition) is 7. The van der Waals surface area contributed by atoms with Gasteiger partial charge in [0.15, 0.2) is 0 Å². The Labute approximate surface area is 159 Å². The Balaban J connectivity index is 2.00. The standard InChI is InChI=1S/C17H18N4O7/c1-8(13-12(9(2)22)16(24)19-13)15(23)14(20-18)17(25)28-7-10-3-5-11(6-4-10)21(26)27/h3-6,8-9,12-13,22H,7H2,1-2H3,(H,19,24)/t8-,9?,12-,13?/m1/s1. The topological polar surface area (TPSA) is 172 Å². The lowest BCUT2D eigenvalue weighted by atomic mass is 9.76. The molecule has 4 atom stereocenters. The van der Waals surface area contributed by atoms with Gasteiger partial charge in [0.2, 0.25) is 5.91 Å². The lowest BCUT2D eigenvalue weighted by molar-refractivity contribution is -0.384. The van der Waals surface area contributed by atoms with E-state index in [0.29, 0.717) is 5.56 Å². The number of non-ortho nitro benzene ring substituents is 1. The van der Waals surface area contributed by atoms with Gasteiger partial charge in [-0.05, 0) is 24.6 Å². The van der Waals surface area contributed by atoms with E-state index in [-0.39, 0.29) is 12.3 Å². The number of nitrogens with zero attached hydrogens (tertiary/aromatic N) is 3. The van der Waals surface area contributed by atoms with Crippen LogP contribution in [0.4, 0.5) is 5.69 Å². The largest absolute Gasteiger partial charge is 0.452 e. The molecule has 1 amide bonds. The maximum Gasteiger partial charge on any atom is 0.441 e. The molecule has 0 aromatic heterocycles. The molecule has 11 nitrogen and oxygen atoms in total. The molecular formula is C17H18N4O7. The van der Waals surface area contributed by atoms with E-state index in [2.05, 4.69) is 10.1 Å². The summed E-state index contributed by atoms with van der Waals surface area (Å²) in [6.45, 7) is 2.54. The van der Waals surface area contributed by atoms with Gasteiger partial charge >= 0.3 is 11.7 Å². The van der Waals surface area contributed by atoms with Crippen molar-refractivity contribution in [3.63, 3.8) is 0 Å². The van der Waals surface area contributed by atoms with Crippen molar-refractivity contribution in [3.05, 3.63) is 45.5 Å². The van der Waals surface area contributed by atoms with Gasteiger partial charge in [-0.25, -0.2) is 4.79 Å². The minimum atomic E-state index is -1.18. The number of ether oxygens (including phenoxy) is 1. The molecule has 11 heteroatoms. The maximum atomic E-state index is 12.5. The van der Waals surface area contributed by atoms with Crippen molar-refractivity contribution in [1.82, 2.24) is 5.32 Å². The van der Waals surface area contributed by atoms with Gasteiger partial charge in [-0.1, -0.05) is 6.92 Å². The molecule has 0 radical (unpaired) electrons. The molecule has 2 unspecified atom stereocenters. The second-order valence-corrected chi connectivity index (χ2v) is 6.40. The predicted molar refractivity (Wildman–Crippen MR) is 92.8 cm³/mol. The summed E-state index contributed by atoms with van der Waals surface area (Å²) >= 11 is 0. The number of Topliss-reactive ketones (excluding diaryl/α,β-unsaturated/α-hetero) is 1. The normalized spacial score (nSPS) is 20.0. The van der Waals surface area contributed by atoms with Crippen molar-refractivity contribution in [2.75, 3.05) is 0 Å². The molecule has 1 aliphatic rings. The Bertz CT molecular complexity index is 859. The molecule has 1 saturated heterocycles. The number of β-lactam (4-membered cyclic amide) rings is 1. The maximum absolute atomic E-state index is 12.5. The van der Waals surface area contributed by atoms with Crippen LogP contribution >= 0.6 is 0 Å². The lowest BCUT2D eigenvalue weighted by Gasteiger charge is -2.40. The number of ketones is 1. The third-order valence-electron chi connectivity index (χ3n) is 4.51. The number of nitrogens with one attached hydrogen (secondary N) is 1. The van der Waals surface area contributed by atoms with Crippen LogP contribution < -0.4 is 5.32 Å². The molecule has 2 N–H and O–H groups in total. The molecule has 28 heavy (non-hydrogen) atoms. The lowest BCUT2D eigenvalue weighted by Crippen LogP contribution is -2.66. The summed E-state index contributed by atoms with van der Waals surface area (Å²) in [7, 11) is 0. The van der Waals surface area contributed by atoms with Crippen LogP contribution in [0.5, 0.6) is 0 Å². The summed E-state index contributed by atoms with van der Waals surface area (Å²) < 4.78 is 4.92. The Morgan fingerprint density at radius 2 is 1.96 bits per heavy atom. The molecule has 148 valence electrons. The molecular weight excluding hydrogens is 372 g/mol. The summed E-state index contributed by atoms with van der Waals surface area (Å²) in [6.07, 6.45) is -0.988. The molecule has 1 aromatic carbocycles. The van der Waals surface area contributed by atoms with Crippen LogP contribution in [-0.2, 0) is 25.7 Å². The Hall–Kier alpha value is -3.43. The highest BCUT2D eigenvalue weighted by Crippen LogP contribution is 2.26. The van der Waals surface area contributed by atoms with E-state index in [9.17, 15) is 29.6 Å². The fourth-order valence-corrected chi connectivity index (χ4v) is 2.87. The van der Waals surface area contributed by atoms with Crippen LogP contribution in [0.1, 0.15) is 19.4 Å². The molecule has 1 fully saturated rings. The minimum Gasteiger partial charge on any atom is -0.452 e. The second-order valence-electron chi connectivity index (χ2n) is 6.40. The van der Waals surface area contributed by atoms with Gasteiger partial charge in [0.25, 0.3) is 11.5 Å². The van der Waals surface area contributed by atoms with Crippen molar-refractivity contribution in [2.24, 2.45) is 11.8 Å². The number of nitro benzene ring substituents is 1. The first-order valence-corrected chi connectivity index (χ1v) is 8.32. The van der Waals surface area contributed by atoms with Crippen molar-refractivity contribution >= 4 is 29.1 Å². The van der Waals surface area contributed by atoms with Gasteiger partial charge < -0.3 is 20.7 Å². The SMILES string of the molecule is CC(O)[C@H]1C(=O)NC1[C@@H](C)C(=O)C(=[N+]=[N-])C(=O)OCc1ccc([N+](=O)[O-])cc1. The van der Waals surface area contributed by atoms with Crippen LogP contribution in [0.25, 0.3) is 5.53 Å². The summed E-state index contributed by atoms with van der Waals surface area (Å²) in [5.74, 6) is -4.20. The molecule has 2 rings (SSSR count). The van der Waals surface area contributed by atoms with Crippen LogP contribution in [0.2, 0.25) is 0 Å². The Morgan fingerprint density at radius 1 is 1.36 bits per heavy atom. The van der Waals surface area contributed by atoms with Crippen LogP contribution in [-0.4, -0.2) is 50.3 Å². The van der Waals surface area contributed by atoms with Gasteiger partial charge in [0, 0.05) is 18.1 Å². The highest BCUT2D eigenvalue weighted by molar-refractivity contribution is 6.62. The fraction of sp³-hybridized carbons (Fsp3) is 0.412. The zero-order chi connectivity index (χ0) is 21.0. The number of carbonyl (C=O) groups excluding carboxylic acids is 3. The van der Waals surface area contributed by atoms with Gasteiger partial charge in [-0.3, -0.25) is 19.7 Å². The smallest absolute Gasteiger partial charge is 0.441 e. The number of benzene rings is 1. The van der Waals surface area contributed by atoms with Crippen molar-refractivity contribution in [3.8, 4) is 0 Å². The predicted octanol–water partition coefficient (Wildman–Crippen LogP) is 0.00940. The molecule has 0 bridgehead atoms. The average molecular weight is 390 g/mol. The summed E-state index contributed by atoms with van der Waals surface area (Å²) in [5.41, 5.74) is 8.51.